The maximum Gasteiger partial charge on any atom is 0.329 e. The van der Waals surface area contributed by atoms with Crippen LogP contribution < -0.4 is 10.1 Å². The molecule has 0 aliphatic rings. The quantitative estimate of drug-likeness (QED) is 0.783. The molecule has 1 atom stereocenters. The van der Waals surface area contributed by atoms with Gasteiger partial charge in [0.25, 0.3) is 0 Å². The SMILES string of the molecule is CCc1cccc(OCC(C)(NC)C(=O)OC)c1. The Balaban J connectivity index is 2.70. The molecule has 0 aliphatic carbocycles. The van der Waals surface area contributed by atoms with Crippen LogP contribution in [0.4, 0.5) is 0 Å². The van der Waals surface area contributed by atoms with Crippen LogP contribution in [-0.2, 0) is 16.0 Å². The lowest BCUT2D eigenvalue weighted by molar-refractivity contribution is -0.148. The largest absolute Gasteiger partial charge is 0.491 e. The van der Waals surface area contributed by atoms with E-state index in [4.69, 9.17) is 9.47 Å². The number of methoxy groups -OCH3 is 1. The molecule has 4 heteroatoms. The van der Waals surface area contributed by atoms with Gasteiger partial charge >= 0.3 is 5.97 Å². The average molecular weight is 251 g/mol. The lowest BCUT2D eigenvalue weighted by Gasteiger charge is -2.26. The highest BCUT2D eigenvalue weighted by Gasteiger charge is 2.33. The zero-order valence-corrected chi connectivity index (χ0v) is 11.4. The van der Waals surface area contributed by atoms with Crippen molar-refractivity contribution in [3.8, 4) is 5.75 Å². The Labute approximate surface area is 108 Å². The van der Waals surface area contributed by atoms with Crippen LogP contribution >= 0.6 is 0 Å². The molecule has 1 aromatic rings. The van der Waals surface area contributed by atoms with Crippen LogP contribution in [0.15, 0.2) is 24.3 Å². The molecule has 1 aromatic carbocycles. The second kappa shape index (κ2) is 6.40. The summed E-state index contributed by atoms with van der Waals surface area (Å²) in [5.74, 6) is 0.427. The molecule has 1 rings (SSSR count). The Bertz CT molecular complexity index is 406. The zero-order valence-electron chi connectivity index (χ0n) is 11.4. The molecular weight excluding hydrogens is 230 g/mol. The van der Waals surface area contributed by atoms with E-state index in [1.807, 2.05) is 24.3 Å². The summed E-state index contributed by atoms with van der Waals surface area (Å²) in [6.07, 6.45) is 0.956. The van der Waals surface area contributed by atoms with Crippen LogP contribution in [0.1, 0.15) is 19.4 Å². The van der Waals surface area contributed by atoms with Gasteiger partial charge < -0.3 is 14.8 Å². The minimum Gasteiger partial charge on any atom is -0.491 e. The molecule has 0 aromatic heterocycles. The smallest absolute Gasteiger partial charge is 0.329 e. The van der Waals surface area contributed by atoms with Crippen molar-refractivity contribution in [1.29, 1.82) is 0 Å². The van der Waals surface area contributed by atoms with Crippen LogP contribution in [0, 0.1) is 0 Å². The molecule has 0 amide bonds. The second-order valence-electron chi connectivity index (χ2n) is 4.36. The van der Waals surface area contributed by atoms with Gasteiger partial charge in [-0.2, -0.15) is 0 Å². The van der Waals surface area contributed by atoms with Crippen molar-refractivity contribution in [3.63, 3.8) is 0 Å². The molecule has 1 N–H and O–H groups in total. The lowest BCUT2D eigenvalue weighted by atomic mass is 10.1. The predicted molar refractivity (Wildman–Crippen MR) is 70.8 cm³/mol. The van der Waals surface area contributed by atoms with Crippen molar-refractivity contribution in [2.45, 2.75) is 25.8 Å². The van der Waals surface area contributed by atoms with Gasteiger partial charge in [-0.15, -0.1) is 0 Å². The van der Waals surface area contributed by atoms with E-state index < -0.39 is 5.54 Å². The lowest BCUT2D eigenvalue weighted by Crippen LogP contribution is -2.52. The Kier molecular flexibility index (Phi) is 5.16. The first-order valence-electron chi connectivity index (χ1n) is 6.04. The third kappa shape index (κ3) is 3.47. The highest BCUT2D eigenvalue weighted by atomic mass is 16.5. The number of esters is 1. The van der Waals surface area contributed by atoms with Gasteiger partial charge in [-0.25, -0.2) is 4.79 Å². The van der Waals surface area contributed by atoms with E-state index in [1.165, 1.54) is 12.7 Å². The van der Waals surface area contributed by atoms with E-state index in [-0.39, 0.29) is 12.6 Å². The Morgan fingerprint density at radius 3 is 2.72 bits per heavy atom. The zero-order chi connectivity index (χ0) is 13.6. The topological polar surface area (TPSA) is 47.6 Å². The van der Waals surface area contributed by atoms with Crippen LogP contribution in [-0.4, -0.2) is 32.3 Å². The second-order valence-corrected chi connectivity index (χ2v) is 4.36. The van der Waals surface area contributed by atoms with Crippen LogP contribution in [0.5, 0.6) is 5.75 Å². The highest BCUT2D eigenvalue weighted by molar-refractivity contribution is 5.80. The molecule has 0 spiro atoms. The van der Waals surface area contributed by atoms with Gasteiger partial charge in [0.05, 0.1) is 7.11 Å². The number of carbonyl (C=O) groups is 1. The first-order valence-corrected chi connectivity index (χ1v) is 6.04. The van der Waals surface area contributed by atoms with Crippen molar-refractivity contribution in [3.05, 3.63) is 29.8 Å². The number of ether oxygens (including phenoxy) is 2. The molecule has 4 nitrogen and oxygen atoms in total. The molecule has 0 bridgehead atoms. The predicted octanol–water partition coefficient (Wildman–Crippen LogP) is 1.78. The van der Waals surface area contributed by atoms with Gasteiger partial charge in [-0.05, 0) is 38.1 Å². The van der Waals surface area contributed by atoms with Crippen molar-refractivity contribution in [1.82, 2.24) is 5.32 Å². The number of hydrogen-bond donors (Lipinski definition) is 1. The fourth-order valence-corrected chi connectivity index (χ4v) is 1.54. The van der Waals surface area contributed by atoms with E-state index >= 15 is 0 Å². The molecule has 0 saturated carbocycles. The first kappa shape index (κ1) is 14.5. The summed E-state index contributed by atoms with van der Waals surface area (Å²) in [6, 6.07) is 7.85. The number of benzene rings is 1. The number of likely N-dealkylation sites (N-methyl/N-ethyl adjacent to an activating group) is 1. The van der Waals surface area contributed by atoms with Crippen LogP contribution in [0.25, 0.3) is 0 Å². The molecule has 18 heavy (non-hydrogen) atoms. The summed E-state index contributed by atoms with van der Waals surface area (Å²) in [4.78, 5) is 11.6. The monoisotopic (exact) mass is 251 g/mol. The van der Waals surface area contributed by atoms with E-state index in [0.29, 0.717) is 0 Å². The molecular formula is C14H21NO3. The van der Waals surface area contributed by atoms with Gasteiger partial charge in [0.2, 0.25) is 0 Å². The third-order valence-electron chi connectivity index (χ3n) is 3.02. The molecule has 0 aliphatic heterocycles. The number of nitrogens with one attached hydrogen (secondary N) is 1. The number of hydrogen-bond acceptors (Lipinski definition) is 4. The van der Waals surface area contributed by atoms with E-state index in [2.05, 4.69) is 12.2 Å². The maximum atomic E-state index is 11.6. The fraction of sp³-hybridized carbons (Fsp3) is 0.500. The summed E-state index contributed by atoms with van der Waals surface area (Å²) in [6.45, 7) is 4.07. The number of aryl methyl sites for hydroxylation is 1. The van der Waals surface area contributed by atoms with Gasteiger partial charge in [0, 0.05) is 0 Å². The maximum absolute atomic E-state index is 11.6. The van der Waals surface area contributed by atoms with Crippen molar-refractivity contribution >= 4 is 5.97 Å². The van der Waals surface area contributed by atoms with Gasteiger partial charge in [0.15, 0.2) is 0 Å². The van der Waals surface area contributed by atoms with Crippen molar-refractivity contribution in [2.24, 2.45) is 0 Å². The Morgan fingerprint density at radius 1 is 1.44 bits per heavy atom. The standard InChI is InChI=1S/C14H21NO3/c1-5-11-7-6-8-12(9-11)18-10-14(2,15-3)13(16)17-4/h6-9,15H,5,10H2,1-4H3. The summed E-state index contributed by atoms with van der Waals surface area (Å²) >= 11 is 0. The highest BCUT2D eigenvalue weighted by Crippen LogP contribution is 2.16. The molecule has 1 unspecified atom stereocenters. The third-order valence-corrected chi connectivity index (χ3v) is 3.02. The first-order chi connectivity index (χ1) is 8.55. The van der Waals surface area contributed by atoms with Gasteiger partial charge in [0.1, 0.15) is 17.9 Å². The van der Waals surface area contributed by atoms with Gasteiger partial charge in [-0.1, -0.05) is 19.1 Å². The number of rotatable bonds is 6. The molecule has 0 fully saturated rings. The van der Waals surface area contributed by atoms with Crippen molar-refractivity contribution in [2.75, 3.05) is 20.8 Å². The Morgan fingerprint density at radius 2 is 2.17 bits per heavy atom. The van der Waals surface area contributed by atoms with Crippen LogP contribution in [0.3, 0.4) is 0 Å². The molecule has 0 heterocycles. The minimum atomic E-state index is -0.836. The summed E-state index contributed by atoms with van der Waals surface area (Å²) < 4.78 is 10.4. The molecule has 100 valence electrons. The average Bonchev–Trinajstić information content (AvgIpc) is 2.44. The van der Waals surface area contributed by atoms with E-state index in [9.17, 15) is 4.79 Å². The fourth-order valence-electron chi connectivity index (χ4n) is 1.54. The van der Waals surface area contributed by atoms with Crippen molar-refractivity contribution < 1.29 is 14.3 Å². The number of carbonyl (C=O) groups excluding carboxylic acids is 1. The normalized spacial score (nSPS) is 13.8. The Hall–Kier alpha value is -1.55. The summed E-state index contributed by atoms with van der Waals surface area (Å²) in [7, 11) is 3.08. The summed E-state index contributed by atoms with van der Waals surface area (Å²) in [5.41, 5.74) is 0.369. The minimum absolute atomic E-state index is 0.226. The van der Waals surface area contributed by atoms with E-state index in [1.54, 1.807) is 14.0 Å². The molecule has 0 saturated heterocycles. The molecule has 0 radical (unpaired) electrons. The van der Waals surface area contributed by atoms with Gasteiger partial charge in [-0.3, -0.25) is 0 Å². The summed E-state index contributed by atoms with van der Waals surface area (Å²) in [5, 5.41) is 2.93. The van der Waals surface area contributed by atoms with Crippen LogP contribution in [0.2, 0.25) is 0 Å². The van der Waals surface area contributed by atoms with E-state index in [0.717, 1.165) is 12.2 Å².